The van der Waals surface area contributed by atoms with Gasteiger partial charge in [-0.25, -0.2) is 0 Å². The van der Waals surface area contributed by atoms with Gasteiger partial charge in [0.1, 0.15) is 6.10 Å². The molecule has 2 unspecified atom stereocenters. The van der Waals surface area contributed by atoms with Crippen LogP contribution in [0.3, 0.4) is 0 Å². The van der Waals surface area contributed by atoms with Crippen LogP contribution in [-0.4, -0.2) is 32.4 Å². The van der Waals surface area contributed by atoms with Crippen LogP contribution >= 0.6 is 0 Å². The van der Waals surface area contributed by atoms with E-state index >= 15 is 0 Å². The largest absolute Gasteiger partial charge is 0.481 e. The first-order valence-corrected chi connectivity index (χ1v) is 4.29. The summed E-state index contributed by atoms with van der Waals surface area (Å²) in [7, 11) is 0. The quantitative estimate of drug-likeness (QED) is 0.536. The van der Waals surface area contributed by atoms with Crippen molar-refractivity contribution in [1.82, 2.24) is 4.98 Å². The molecule has 0 saturated carbocycles. The molecule has 5 N–H and O–H groups in total. The number of nitrogens with two attached hydrogens (primary N) is 1. The van der Waals surface area contributed by atoms with Gasteiger partial charge in [-0.05, 0) is 6.07 Å². The van der Waals surface area contributed by atoms with E-state index in [0.717, 1.165) is 0 Å². The number of nitrogen functional groups attached to an aromatic ring is 1. The number of carboxylic acid groups (broad SMARTS) is 1. The van der Waals surface area contributed by atoms with Crippen molar-refractivity contribution < 1.29 is 20.1 Å². The molecule has 0 saturated heterocycles. The number of hydrogen-bond donors (Lipinski definition) is 4. The minimum atomic E-state index is -1.37. The Labute approximate surface area is 86.0 Å². The molecule has 0 aliphatic carbocycles. The van der Waals surface area contributed by atoms with Crippen molar-refractivity contribution in [3.63, 3.8) is 0 Å². The molecule has 1 aromatic rings. The number of pyridine rings is 1. The average Bonchev–Trinajstić information content (AvgIpc) is 2.15. The summed E-state index contributed by atoms with van der Waals surface area (Å²) < 4.78 is 0. The molecule has 82 valence electrons. The molecule has 15 heavy (non-hydrogen) atoms. The van der Waals surface area contributed by atoms with E-state index in [0.29, 0.717) is 11.3 Å². The Kier molecular flexibility index (Phi) is 3.59. The maximum Gasteiger partial charge on any atom is 0.306 e. The van der Waals surface area contributed by atoms with Gasteiger partial charge in [0.05, 0.1) is 18.2 Å². The second-order valence-electron chi connectivity index (χ2n) is 3.16. The predicted octanol–water partition coefficient (Wildman–Crippen LogP) is -0.467. The van der Waals surface area contributed by atoms with Gasteiger partial charge in [-0.15, -0.1) is 0 Å². The molecule has 1 heterocycles. The van der Waals surface area contributed by atoms with Crippen LogP contribution in [0.1, 0.15) is 18.1 Å². The van der Waals surface area contributed by atoms with Crippen LogP contribution in [0.4, 0.5) is 5.69 Å². The van der Waals surface area contributed by atoms with Gasteiger partial charge >= 0.3 is 5.97 Å². The van der Waals surface area contributed by atoms with Crippen molar-refractivity contribution in [3.8, 4) is 0 Å². The van der Waals surface area contributed by atoms with Gasteiger partial charge in [0.25, 0.3) is 0 Å². The van der Waals surface area contributed by atoms with E-state index in [-0.39, 0.29) is 0 Å². The summed E-state index contributed by atoms with van der Waals surface area (Å²) in [4.78, 5) is 14.0. The summed E-state index contributed by atoms with van der Waals surface area (Å²) in [5.74, 6) is -1.18. The average molecular weight is 212 g/mol. The first kappa shape index (κ1) is 11.4. The monoisotopic (exact) mass is 212 g/mol. The number of carbonyl (C=O) groups is 1. The smallest absolute Gasteiger partial charge is 0.306 e. The summed E-state index contributed by atoms with van der Waals surface area (Å²) in [6.45, 7) is 0. The summed E-state index contributed by atoms with van der Waals surface area (Å²) in [5, 5.41) is 27.3. The van der Waals surface area contributed by atoms with Crippen LogP contribution in [0, 0.1) is 0 Å². The van der Waals surface area contributed by atoms with Crippen molar-refractivity contribution in [2.24, 2.45) is 0 Å². The highest BCUT2D eigenvalue weighted by molar-refractivity contribution is 5.67. The molecule has 0 radical (unpaired) electrons. The lowest BCUT2D eigenvalue weighted by molar-refractivity contribution is -0.141. The van der Waals surface area contributed by atoms with Gasteiger partial charge in [0.15, 0.2) is 0 Å². The molecule has 1 aromatic heterocycles. The zero-order chi connectivity index (χ0) is 11.4. The summed E-state index contributed by atoms with van der Waals surface area (Å²) in [6, 6.07) is 1.43. The van der Waals surface area contributed by atoms with Gasteiger partial charge < -0.3 is 21.1 Å². The number of aliphatic carboxylic acids is 1. The minimum absolute atomic E-state index is 0.295. The van der Waals surface area contributed by atoms with Crippen molar-refractivity contribution >= 4 is 11.7 Å². The molecule has 6 nitrogen and oxygen atoms in total. The third kappa shape index (κ3) is 3.19. The number of carboxylic acids is 1. The fourth-order valence-electron chi connectivity index (χ4n) is 1.15. The SMILES string of the molecule is Nc1cncc(C(O)C(O)CC(=O)O)c1. The molecular weight excluding hydrogens is 200 g/mol. The van der Waals surface area contributed by atoms with Crippen molar-refractivity contribution in [2.45, 2.75) is 18.6 Å². The molecule has 0 bridgehead atoms. The number of hydrogen-bond acceptors (Lipinski definition) is 5. The zero-order valence-electron chi connectivity index (χ0n) is 7.87. The molecule has 0 aromatic carbocycles. The normalized spacial score (nSPS) is 14.5. The lowest BCUT2D eigenvalue weighted by Gasteiger charge is -2.16. The van der Waals surface area contributed by atoms with Crippen LogP contribution in [0.25, 0.3) is 0 Å². The van der Waals surface area contributed by atoms with Gasteiger partial charge in [-0.3, -0.25) is 9.78 Å². The molecule has 1 rings (SSSR count). The third-order valence-electron chi connectivity index (χ3n) is 1.87. The highest BCUT2D eigenvalue weighted by Gasteiger charge is 2.21. The summed E-state index contributed by atoms with van der Waals surface area (Å²) in [5.41, 5.74) is 6.06. The van der Waals surface area contributed by atoms with Gasteiger partial charge in [0, 0.05) is 18.0 Å². The minimum Gasteiger partial charge on any atom is -0.481 e. The zero-order valence-corrected chi connectivity index (χ0v) is 7.87. The predicted molar refractivity (Wildman–Crippen MR) is 51.9 cm³/mol. The number of rotatable bonds is 4. The Morgan fingerprint density at radius 2 is 2.13 bits per heavy atom. The van der Waals surface area contributed by atoms with Gasteiger partial charge in [0.2, 0.25) is 0 Å². The maximum absolute atomic E-state index is 10.3. The number of nitrogens with zero attached hydrogens (tertiary/aromatic N) is 1. The Balaban J connectivity index is 2.75. The Bertz CT molecular complexity index is 356. The number of anilines is 1. The Morgan fingerprint density at radius 3 is 2.67 bits per heavy atom. The number of aliphatic hydroxyl groups excluding tert-OH is 2. The highest BCUT2D eigenvalue weighted by Crippen LogP contribution is 2.19. The maximum atomic E-state index is 10.3. The van der Waals surface area contributed by atoms with E-state index in [9.17, 15) is 15.0 Å². The molecule has 0 fully saturated rings. The first-order chi connectivity index (χ1) is 7.00. The van der Waals surface area contributed by atoms with E-state index in [1.54, 1.807) is 0 Å². The van der Waals surface area contributed by atoms with Crippen molar-refractivity contribution in [2.75, 3.05) is 5.73 Å². The van der Waals surface area contributed by atoms with Crippen LogP contribution in [0.15, 0.2) is 18.5 Å². The Hall–Kier alpha value is -1.66. The lowest BCUT2D eigenvalue weighted by atomic mass is 10.0. The summed E-state index contributed by atoms with van der Waals surface area (Å²) in [6.07, 6.45) is -0.481. The molecule has 6 heteroatoms. The molecule has 0 aliphatic heterocycles. The van der Waals surface area contributed by atoms with E-state index in [4.69, 9.17) is 10.8 Å². The first-order valence-electron chi connectivity index (χ1n) is 4.29. The van der Waals surface area contributed by atoms with Crippen LogP contribution < -0.4 is 5.73 Å². The molecular formula is C9H12N2O4. The third-order valence-corrected chi connectivity index (χ3v) is 1.87. The Morgan fingerprint density at radius 1 is 1.47 bits per heavy atom. The van der Waals surface area contributed by atoms with E-state index in [1.807, 2.05) is 0 Å². The standard InChI is InChI=1S/C9H12N2O4/c10-6-1-5(3-11-4-6)9(15)7(12)2-8(13)14/h1,3-4,7,9,12,15H,2,10H2,(H,13,14). The van der Waals surface area contributed by atoms with E-state index in [2.05, 4.69) is 4.98 Å². The van der Waals surface area contributed by atoms with E-state index < -0.39 is 24.6 Å². The van der Waals surface area contributed by atoms with Gasteiger partial charge in [-0.1, -0.05) is 0 Å². The fourth-order valence-corrected chi connectivity index (χ4v) is 1.15. The lowest BCUT2D eigenvalue weighted by Crippen LogP contribution is -2.21. The van der Waals surface area contributed by atoms with Gasteiger partial charge in [-0.2, -0.15) is 0 Å². The topological polar surface area (TPSA) is 117 Å². The highest BCUT2D eigenvalue weighted by atomic mass is 16.4. The van der Waals surface area contributed by atoms with Crippen molar-refractivity contribution in [3.05, 3.63) is 24.0 Å². The van der Waals surface area contributed by atoms with Crippen molar-refractivity contribution in [1.29, 1.82) is 0 Å². The molecule has 0 amide bonds. The summed E-state index contributed by atoms with van der Waals surface area (Å²) >= 11 is 0. The van der Waals surface area contributed by atoms with Crippen LogP contribution in [-0.2, 0) is 4.79 Å². The number of aliphatic hydroxyl groups is 2. The van der Waals surface area contributed by atoms with Crippen LogP contribution in [0.2, 0.25) is 0 Å². The van der Waals surface area contributed by atoms with Crippen LogP contribution in [0.5, 0.6) is 0 Å². The molecule has 0 spiro atoms. The van der Waals surface area contributed by atoms with E-state index in [1.165, 1.54) is 18.5 Å². The molecule has 2 atom stereocenters. The fraction of sp³-hybridized carbons (Fsp3) is 0.333. The second-order valence-corrected chi connectivity index (χ2v) is 3.16. The second kappa shape index (κ2) is 4.72. The molecule has 0 aliphatic rings. The number of aromatic nitrogens is 1.